The van der Waals surface area contributed by atoms with Crippen LogP contribution < -0.4 is 5.32 Å². The standard InChI is InChI=1S/C10H16N2S2/c1-2-9(4-11-3-1)6-13-7-10-5-12-8-14-10/h5,8-9,11H,1-4,6-7H2. The fourth-order valence-corrected chi connectivity index (χ4v) is 3.62. The van der Waals surface area contributed by atoms with Crippen LogP contribution in [0.2, 0.25) is 0 Å². The van der Waals surface area contributed by atoms with Crippen LogP contribution in [0.15, 0.2) is 11.7 Å². The number of hydrogen-bond acceptors (Lipinski definition) is 4. The molecule has 1 saturated heterocycles. The summed E-state index contributed by atoms with van der Waals surface area (Å²) in [5.41, 5.74) is 1.91. The van der Waals surface area contributed by atoms with Crippen molar-refractivity contribution in [2.75, 3.05) is 18.8 Å². The van der Waals surface area contributed by atoms with E-state index in [4.69, 9.17) is 0 Å². The van der Waals surface area contributed by atoms with Gasteiger partial charge in [0, 0.05) is 16.8 Å². The van der Waals surface area contributed by atoms with E-state index in [2.05, 4.69) is 10.3 Å². The molecule has 0 radical (unpaired) electrons. The monoisotopic (exact) mass is 228 g/mol. The van der Waals surface area contributed by atoms with E-state index in [1.165, 1.54) is 36.6 Å². The van der Waals surface area contributed by atoms with E-state index < -0.39 is 0 Å². The predicted molar refractivity (Wildman–Crippen MR) is 63.9 cm³/mol. The van der Waals surface area contributed by atoms with Gasteiger partial charge >= 0.3 is 0 Å². The topological polar surface area (TPSA) is 24.9 Å². The Morgan fingerprint density at radius 1 is 1.64 bits per heavy atom. The van der Waals surface area contributed by atoms with Crippen LogP contribution >= 0.6 is 23.1 Å². The fourth-order valence-electron chi connectivity index (χ4n) is 1.71. The van der Waals surface area contributed by atoms with Gasteiger partial charge in [0.05, 0.1) is 5.51 Å². The zero-order chi connectivity index (χ0) is 9.64. The molecule has 2 heterocycles. The van der Waals surface area contributed by atoms with Crippen molar-refractivity contribution in [1.82, 2.24) is 10.3 Å². The average Bonchev–Trinajstić information content (AvgIpc) is 2.72. The van der Waals surface area contributed by atoms with E-state index in [1.807, 2.05) is 23.5 Å². The molecule has 0 bridgehead atoms. The van der Waals surface area contributed by atoms with Gasteiger partial charge in [-0.3, -0.25) is 4.98 Å². The van der Waals surface area contributed by atoms with Crippen molar-refractivity contribution in [3.63, 3.8) is 0 Å². The number of nitrogens with zero attached hydrogens (tertiary/aromatic N) is 1. The van der Waals surface area contributed by atoms with Gasteiger partial charge in [0.25, 0.3) is 0 Å². The van der Waals surface area contributed by atoms with Crippen molar-refractivity contribution in [2.24, 2.45) is 5.92 Å². The number of rotatable bonds is 4. The first-order valence-corrected chi connectivity index (χ1v) is 7.14. The molecule has 78 valence electrons. The highest BCUT2D eigenvalue weighted by Gasteiger charge is 2.12. The van der Waals surface area contributed by atoms with E-state index in [1.54, 1.807) is 11.3 Å². The van der Waals surface area contributed by atoms with Crippen LogP contribution in [-0.2, 0) is 5.75 Å². The summed E-state index contributed by atoms with van der Waals surface area (Å²) in [6.07, 6.45) is 4.74. The Morgan fingerprint density at radius 2 is 2.64 bits per heavy atom. The van der Waals surface area contributed by atoms with Crippen LogP contribution in [0.3, 0.4) is 0 Å². The second kappa shape index (κ2) is 5.73. The number of aromatic nitrogens is 1. The van der Waals surface area contributed by atoms with Crippen LogP contribution in [0.1, 0.15) is 17.7 Å². The summed E-state index contributed by atoms with van der Waals surface area (Å²) in [5.74, 6) is 3.33. The molecule has 1 aliphatic rings. The highest BCUT2D eigenvalue weighted by atomic mass is 32.2. The molecule has 2 rings (SSSR count). The lowest BCUT2D eigenvalue weighted by Gasteiger charge is -2.21. The minimum absolute atomic E-state index is 0.890. The van der Waals surface area contributed by atoms with Gasteiger partial charge in [0.2, 0.25) is 0 Å². The van der Waals surface area contributed by atoms with Gasteiger partial charge < -0.3 is 5.32 Å². The molecular weight excluding hydrogens is 212 g/mol. The lowest BCUT2D eigenvalue weighted by atomic mass is 10.0. The highest BCUT2D eigenvalue weighted by Crippen LogP contribution is 2.21. The molecule has 0 amide bonds. The molecule has 0 saturated carbocycles. The molecular formula is C10H16N2S2. The fraction of sp³-hybridized carbons (Fsp3) is 0.700. The first-order valence-electron chi connectivity index (χ1n) is 5.11. The largest absolute Gasteiger partial charge is 0.316 e. The molecule has 0 aromatic carbocycles. The molecule has 1 aliphatic heterocycles. The maximum Gasteiger partial charge on any atom is 0.0794 e. The van der Waals surface area contributed by atoms with Crippen molar-refractivity contribution in [3.8, 4) is 0 Å². The van der Waals surface area contributed by atoms with Crippen molar-refractivity contribution < 1.29 is 0 Å². The summed E-state index contributed by atoms with van der Waals surface area (Å²) in [7, 11) is 0. The Morgan fingerprint density at radius 3 is 3.36 bits per heavy atom. The van der Waals surface area contributed by atoms with E-state index in [0.29, 0.717) is 0 Å². The van der Waals surface area contributed by atoms with Crippen molar-refractivity contribution in [3.05, 3.63) is 16.6 Å². The first kappa shape index (κ1) is 10.5. The van der Waals surface area contributed by atoms with Gasteiger partial charge in [-0.25, -0.2) is 0 Å². The molecule has 1 unspecified atom stereocenters. The van der Waals surface area contributed by atoms with Crippen LogP contribution in [-0.4, -0.2) is 23.8 Å². The number of piperidine rings is 1. The molecule has 0 aliphatic carbocycles. The second-order valence-electron chi connectivity index (χ2n) is 3.70. The van der Waals surface area contributed by atoms with Gasteiger partial charge in [-0.05, 0) is 37.6 Å². The number of nitrogens with one attached hydrogen (secondary N) is 1. The SMILES string of the molecule is c1ncc(CSCC2CCCNC2)s1. The summed E-state index contributed by atoms with van der Waals surface area (Å²) in [6.45, 7) is 2.44. The molecule has 1 aromatic heterocycles. The predicted octanol–water partition coefficient (Wildman–Crippen LogP) is 2.38. The third kappa shape index (κ3) is 3.26. The molecule has 14 heavy (non-hydrogen) atoms. The third-order valence-electron chi connectivity index (χ3n) is 2.48. The lowest BCUT2D eigenvalue weighted by molar-refractivity contribution is 0.410. The summed E-state index contributed by atoms with van der Waals surface area (Å²) in [4.78, 5) is 5.48. The van der Waals surface area contributed by atoms with E-state index in [9.17, 15) is 0 Å². The third-order valence-corrected chi connectivity index (χ3v) is 4.66. The van der Waals surface area contributed by atoms with Crippen LogP contribution in [0.5, 0.6) is 0 Å². The Bertz CT molecular complexity index is 243. The molecule has 0 spiro atoms. The zero-order valence-electron chi connectivity index (χ0n) is 8.24. The number of thioether (sulfide) groups is 1. The summed E-state index contributed by atoms with van der Waals surface area (Å²) >= 11 is 3.81. The maximum atomic E-state index is 4.08. The minimum Gasteiger partial charge on any atom is -0.316 e. The second-order valence-corrected chi connectivity index (χ2v) is 5.70. The minimum atomic E-state index is 0.890. The van der Waals surface area contributed by atoms with Gasteiger partial charge in [0.1, 0.15) is 0 Å². The smallest absolute Gasteiger partial charge is 0.0794 e. The van der Waals surface area contributed by atoms with Gasteiger partial charge in [-0.2, -0.15) is 11.8 Å². The highest BCUT2D eigenvalue weighted by molar-refractivity contribution is 7.98. The molecule has 1 N–H and O–H groups in total. The van der Waals surface area contributed by atoms with Crippen molar-refractivity contribution in [2.45, 2.75) is 18.6 Å². The van der Waals surface area contributed by atoms with Crippen LogP contribution in [0, 0.1) is 5.92 Å². The molecule has 1 fully saturated rings. The summed E-state index contributed by atoms with van der Waals surface area (Å²) in [5, 5.41) is 3.46. The van der Waals surface area contributed by atoms with Crippen molar-refractivity contribution >= 4 is 23.1 Å². The summed E-state index contributed by atoms with van der Waals surface area (Å²) < 4.78 is 0. The Balaban J connectivity index is 1.62. The van der Waals surface area contributed by atoms with Gasteiger partial charge in [0.15, 0.2) is 0 Å². The zero-order valence-corrected chi connectivity index (χ0v) is 9.87. The quantitative estimate of drug-likeness (QED) is 0.856. The van der Waals surface area contributed by atoms with E-state index >= 15 is 0 Å². The molecule has 1 aromatic rings. The van der Waals surface area contributed by atoms with Crippen LogP contribution in [0.25, 0.3) is 0 Å². The molecule has 4 heteroatoms. The maximum absolute atomic E-state index is 4.08. The Hall–Kier alpha value is -0.0600. The van der Waals surface area contributed by atoms with Crippen molar-refractivity contribution in [1.29, 1.82) is 0 Å². The molecule has 2 nitrogen and oxygen atoms in total. The van der Waals surface area contributed by atoms with E-state index in [-0.39, 0.29) is 0 Å². The van der Waals surface area contributed by atoms with Gasteiger partial charge in [-0.15, -0.1) is 11.3 Å². The molecule has 1 atom stereocenters. The Kier molecular flexibility index (Phi) is 4.28. The average molecular weight is 228 g/mol. The normalized spacial score (nSPS) is 22.4. The number of hydrogen-bond donors (Lipinski definition) is 1. The summed E-state index contributed by atoms with van der Waals surface area (Å²) in [6, 6.07) is 0. The van der Waals surface area contributed by atoms with Crippen LogP contribution in [0.4, 0.5) is 0 Å². The van der Waals surface area contributed by atoms with E-state index in [0.717, 1.165) is 11.7 Å². The van der Waals surface area contributed by atoms with Gasteiger partial charge in [-0.1, -0.05) is 0 Å². The Labute approximate surface area is 93.5 Å². The lowest BCUT2D eigenvalue weighted by Crippen LogP contribution is -2.30. The first-order chi connectivity index (χ1) is 6.95. The number of thiazole rings is 1.